The molecule has 0 radical (unpaired) electrons. The quantitative estimate of drug-likeness (QED) is 0.731. The van der Waals surface area contributed by atoms with Crippen LogP contribution < -0.4 is 0 Å². The van der Waals surface area contributed by atoms with Gasteiger partial charge in [0.05, 0.1) is 12.2 Å². The van der Waals surface area contributed by atoms with Gasteiger partial charge in [-0.2, -0.15) is 0 Å². The molecule has 1 atom stereocenters. The maximum atomic E-state index is 10.6. The number of unbranched alkanes of at least 4 members (excludes halogenated alkanes) is 3. The topological polar surface area (TPSA) is 55.1 Å². The third-order valence-corrected chi connectivity index (χ3v) is 2.78. The monoisotopic (exact) mass is 260 g/mol. The summed E-state index contributed by atoms with van der Waals surface area (Å²) >= 11 is 0. The SMILES string of the molecule is CC(CCCCCCn1ccnc1)C(=O)O.Cl. The van der Waals surface area contributed by atoms with Crippen LogP contribution in [0.1, 0.15) is 39.0 Å². The molecule has 1 unspecified atom stereocenters. The lowest BCUT2D eigenvalue weighted by Crippen LogP contribution is -2.08. The van der Waals surface area contributed by atoms with Gasteiger partial charge in [-0.05, 0) is 12.8 Å². The molecule has 0 saturated heterocycles. The van der Waals surface area contributed by atoms with E-state index in [1.165, 1.54) is 0 Å². The third-order valence-electron chi connectivity index (χ3n) is 2.78. The van der Waals surface area contributed by atoms with Gasteiger partial charge in [0.25, 0.3) is 0 Å². The lowest BCUT2D eigenvalue weighted by molar-refractivity contribution is -0.141. The molecule has 1 N–H and O–H groups in total. The third kappa shape index (κ3) is 7.00. The van der Waals surface area contributed by atoms with E-state index in [1.807, 2.05) is 12.5 Å². The van der Waals surface area contributed by atoms with E-state index < -0.39 is 5.97 Å². The summed E-state index contributed by atoms with van der Waals surface area (Å²) in [6.07, 6.45) is 10.8. The second kappa shape index (κ2) is 9.05. The van der Waals surface area contributed by atoms with Gasteiger partial charge in [-0.15, -0.1) is 12.4 Å². The van der Waals surface area contributed by atoms with Crippen LogP contribution in [0.15, 0.2) is 18.7 Å². The Balaban J connectivity index is 0.00000256. The lowest BCUT2D eigenvalue weighted by Gasteiger charge is -2.05. The highest BCUT2D eigenvalue weighted by atomic mass is 35.5. The van der Waals surface area contributed by atoms with Crippen molar-refractivity contribution in [2.75, 3.05) is 0 Å². The number of aromatic nitrogens is 2. The highest BCUT2D eigenvalue weighted by Crippen LogP contribution is 2.10. The van der Waals surface area contributed by atoms with Crippen LogP contribution in [0.2, 0.25) is 0 Å². The second-order valence-corrected chi connectivity index (χ2v) is 4.24. The number of rotatable bonds is 8. The van der Waals surface area contributed by atoms with E-state index in [0.717, 1.165) is 38.6 Å². The minimum Gasteiger partial charge on any atom is -0.481 e. The Labute approximate surface area is 108 Å². The normalized spacial score (nSPS) is 11.8. The molecule has 0 fully saturated rings. The van der Waals surface area contributed by atoms with E-state index in [2.05, 4.69) is 9.55 Å². The van der Waals surface area contributed by atoms with E-state index in [9.17, 15) is 4.79 Å². The molecule has 17 heavy (non-hydrogen) atoms. The Morgan fingerprint density at radius 1 is 1.35 bits per heavy atom. The number of imidazole rings is 1. The molecule has 1 aromatic heterocycles. The summed E-state index contributed by atoms with van der Waals surface area (Å²) in [5.41, 5.74) is 0. The first-order chi connectivity index (χ1) is 7.70. The van der Waals surface area contributed by atoms with Gasteiger partial charge in [-0.1, -0.05) is 26.2 Å². The van der Waals surface area contributed by atoms with Gasteiger partial charge in [0, 0.05) is 18.9 Å². The Morgan fingerprint density at radius 3 is 2.65 bits per heavy atom. The lowest BCUT2D eigenvalue weighted by atomic mass is 10.0. The number of hydrogen-bond donors (Lipinski definition) is 1. The van der Waals surface area contributed by atoms with E-state index in [4.69, 9.17) is 5.11 Å². The minimum atomic E-state index is -0.682. The van der Waals surface area contributed by atoms with Gasteiger partial charge in [0.2, 0.25) is 0 Å². The summed E-state index contributed by atoms with van der Waals surface area (Å²) in [7, 11) is 0. The van der Waals surface area contributed by atoms with Crippen molar-refractivity contribution in [3.8, 4) is 0 Å². The van der Waals surface area contributed by atoms with Crippen LogP contribution in [0.4, 0.5) is 0 Å². The van der Waals surface area contributed by atoms with Crippen molar-refractivity contribution in [3.63, 3.8) is 0 Å². The predicted octanol–water partition coefficient (Wildman–Crippen LogP) is 2.98. The summed E-state index contributed by atoms with van der Waals surface area (Å²) in [5, 5.41) is 8.70. The van der Waals surface area contributed by atoms with E-state index in [-0.39, 0.29) is 18.3 Å². The molecule has 0 aliphatic heterocycles. The summed E-state index contributed by atoms with van der Waals surface area (Å²) in [6, 6.07) is 0. The van der Waals surface area contributed by atoms with Gasteiger partial charge in [0.15, 0.2) is 0 Å². The smallest absolute Gasteiger partial charge is 0.306 e. The molecule has 1 rings (SSSR count). The molecule has 1 aromatic rings. The fourth-order valence-corrected chi connectivity index (χ4v) is 1.64. The van der Waals surface area contributed by atoms with Crippen molar-refractivity contribution in [1.82, 2.24) is 9.55 Å². The molecule has 5 heteroatoms. The number of halogens is 1. The van der Waals surface area contributed by atoms with Crippen LogP contribution >= 0.6 is 12.4 Å². The van der Waals surface area contributed by atoms with Crippen molar-refractivity contribution >= 4 is 18.4 Å². The van der Waals surface area contributed by atoms with Crippen LogP contribution in [0.25, 0.3) is 0 Å². The molecule has 0 aromatic carbocycles. The first-order valence-corrected chi connectivity index (χ1v) is 5.88. The van der Waals surface area contributed by atoms with Gasteiger partial charge in [-0.25, -0.2) is 4.98 Å². The van der Waals surface area contributed by atoms with Crippen LogP contribution in [-0.4, -0.2) is 20.6 Å². The number of carboxylic acid groups (broad SMARTS) is 1. The molecule has 4 nitrogen and oxygen atoms in total. The molecule has 0 bridgehead atoms. The Morgan fingerprint density at radius 2 is 2.06 bits per heavy atom. The number of aliphatic carboxylic acids is 1. The van der Waals surface area contributed by atoms with Crippen LogP contribution in [-0.2, 0) is 11.3 Å². The first kappa shape index (κ1) is 16.0. The van der Waals surface area contributed by atoms with E-state index in [1.54, 1.807) is 13.1 Å². The van der Waals surface area contributed by atoms with Crippen molar-refractivity contribution in [3.05, 3.63) is 18.7 Å². The molecule has 0 amide bonds. The van der Waals surface area contributed by atoms with E-state index >= 15 is 0 Å². The highest BCUT2D eigenvalue weighted by Gasteiger charge is 2.09. The van der Waals surface area contributed by atoms with Crippen molar-refractivity contribution in [1.29, 1.82) is 0 Å². The zero-order valence-corrected chi connectivity index (χ0v) is 11.0. The molecule has 0 aliphatic rings. The van der Waals surface area contributed by atoms with Crippen molar-refractivity contribution in [2.45, 2.75) is 45.6 Å². The van der Waals surface area contributed by atoms with E-state index in [0.29, 0.717) is 0 Å². The number of nitrogens with zero attached hydrogens (tertiary/aromatic N) is 2. The number of carboxylic acids is 1. The van der Waals surface area contributed by atoms with Crippen molar-refractivity contribution in [2.24, 2.45) is 5.92 Å². The van der Waals surface area contributed by atoms with Gasteiger partial charge in [0.1, 0.15) is 0 Å². The van der Waals surface area contributed by atoms with Gasteiger partial charge >= 0.3 is 5.97 Å². The maximum Gasteiger partial charge on any atom is 0.306 e. The van der Waals surface area contributed by atoms with Gasteiger partial charge < -0.3 is 9.67 Å². The predicted molar refractivity (Wildman–Crippen MR) is 69.4 cm³/mol. The molecule has 1 heterocycles. The Kier molecular flexibility index (Phi) is 8.50. The molecule has 0 aliphatic carbocycles. The molecular weight excluding hydrogens is 240 g/mol. The maximum absolute atomic E-state index is 10.6. The molecule has 0 saturated carbocycles. The van der Waals surface area contributed by atoms with Gasteiger partial charge in [-0.3, -0.25) is 4.79 Å². The zero-order valence-electron chi connectivity index (χ0n) is 10.2. The Bertz CT molecular complexity index is 301. The largest absolute Gasteiger partial charge is 0.481 e. The average molecular weight is 261 g/mol. The highest BCUT2D eigenvalue weighted by molar-refractivity contribution is 5.85. The standard InChI is InChI=1S/C12H20N2O2.ClH/c1-11(12(15)16)6-4-2-3-5-8-14-9-7-13-10-14;/h7,9-11H,2-6,8H2,1H3,(H,15,16);1H. The zero-order chi connectivity index (χ0) is 11.8. The number of hydrogen-bond acceptors (Lipinski definition) is 2. The minimum absolute atomic E-state index is 0. The second-order valence-electron chi connectivity index (χ2n) is 4.24. The first-order valence-electron chi connectivity index (χ1n) is 5.88. The fraction of sp³-hybridized carbons (Fsp3) is 0.667. The van der Waals surface area contributed by atoms with Crippen LogP contribution in [0, 0.1) is 5.92 Å². The summed E-state index contributed by atoms with van der Waals surface area (Å²) in [4.78, 5) is 14.5. The number of aryl methyl sites for hydroxylation is 1. The number of carbonyl (C=O) groups is 1. The average Bonchev–Trinajstić information content (AvgIpc) is 2.75. The fourth-order valence-electron chi connectivity index (χ4n) is 1.64. The molecule has 98 valence electrons. The molecule has 0 spiro atoms. The van der Waals surface area contributed by atoms with Crippen LogP contribution in [0.5, 0.6) is 0 Å². The summed E-state index contributed by atoms with van der Waals surface area (Å²) in [6.45, 7) is 2.78. The van der Waals surface area contributed by atoms with Crippen LogP contribution in [0.3, 0.4) is 0 Å². The van der Waals surface area contributed by atoms with Crippen molar-refractivity contribution < 1.29 is 9.90 Å². The Hall–Kier alpha value is -1.03. The molecular formula is C12H21ClN2O2. The summed E-state index contributed by atoms with van der Waals surface area (Å²) in [5.74, 6) is -0.882. The summed E-state index contributed by atoms with van der Waals surface area (Å²) < 4.78 is 2.07.